The average molecular weight is 541 g/mol. The highest BCUT2D eigenvalue weighted by molar-refractivity contribution is 4.69. The summed E-state index contributed by atoms with van der Waals surface area (Å²) in [5, 5.41) is 0. The van der Waals surface area contributed by atoms with Crippen LogP contribution in [0.2, 0.25) is 0 Å². The summed E-state index contributed by atoms with van der Waals surface area (Å²) in [5.74, 6) is -0.952. The third-order valence-electron chi connectivity index (χ3n) is 4.51. The Bertz CT molecular complexity index is 540. The van der Waals surface area contributed by atoms with Crippen LogP contribution in [0.4, 0.5) is 0 Å². The van der Waals surface area contributed by atoms with E-state index in [-0.39, 0.29) is 12.0 Å². The minimum absolute atomic E-state index is 0.0914. The molecule has 0 bridgehead atoms. The van der Waals surface area contributed by atoms with Crippen molar-refractivity contribution < 1.29 is 48.0 Å². The fraction of sp³-hybridized carbons (Fsp3) is 1.00. The van der Waals surface area contributed by atoms with E-state index in [0.29, 0.717) is 52.1 Å². The Morgan fingerprint density at radius 2 is 1.46 bits per heavy atom. The fourth-order valence-corrected chi connectivity index (χ4v) is 3.08. The molecule has 3 unspecified atom stereocenters. The SMILES string of the molecule is CCCCOC(OCCC)(OOCC(C)C)OOC(CCCC(OCC)(OC(C)C)OC(C)(C)C)OC. The molecule has 0 aliphatic carbocycles. The van der Waals surface area contributed by atoms with Gasteiger partial charge in [-0.2, -0.15) is 4.89 Å². The Balaban J connectivity index is 5.36. The molecule has 0 fully saturated rings. The predicted octanol–water partition coefficient (Wildman–Crippen LogP) is 6.47. The number of ether oxygens (including phenoxy) is 6. The first kappa shape index (κ1) is 36.6. The van der Waals surface area contributed by atoms with Crippen molar-refractivity contribution in [2.75, 3.05) is 33.5 Å². The van der Waals surface area contributed by atoms with Crippen LogP contribution >= 0.6 is 0 Å². The molecular weight excluding hydrogens is 484 g/mol. The van der Waals surface area contributed by atoms with Gasteiger partial charge >= 0.3 is 6.16 Å². The van der Waals surface area contributed by atoms with E-state index < -0.39 is 24.0 Å². The molecule has 10 heteroatoms. The summed E-state index contributed by atoms with van der Waals surface area (Å²) in [6.45, 7) is 21.2. The first-order valence-corrected chi connectivity index (χ1v) is 13.8. The molecule has 0 N–H and O–H groups in total. The summed E-state index contributed by atoms with van der Waals surface area (Å²) in [6.07, 6.45) is 1.11. The second-order valence-corrected chi connectivity index (χ2v) is 10.5. The number of rotatable bonds is 24. The lowest BCUT2D eigenvalue weighted by molar-refractivity contribution is -0.658. The zero-order chi connectivity index (χ0) is 28.4. The van der Waals surface area contributed by atoms with E-state index >= 15 is 0 Å². The van der Waals surface area contributed by atoms with Crippen molar-refractivity contribution >= 4 is 0 Å². The van der Waals surface area contributed by atoms with Gasteiger partial charge in [0.2, 0.25) is 0 Å². The van der Waals surface area contributed by atoms with E-state index in [1.807, 2.05) is 62.3 Å². The molecule has 0 heterocycles. The zero-order valence-electron chi connectivity index (χ0n) is 25.4. The molecule has 3 atom stereocenters. The van der Waals surface area contributed by atoms with Crippen molar-refractivity contribution in [3.05, 3.63) is 0 Å². The smallest absolute Gasteiger partial charge is 0.353 e. The number of unbranched alkanes of at least 4 members (excludes halogenated alkanes) is 1. The van der Waals surface area contributed by atoms with Crippen molar-refractivity contribution in [1.29, 1.82) is 0 Å². The van der Waals surface area contributed by atoms with Crippen LogP contribution < -0.4 is 0 Å². The Morgan fingerprint density at radius 3 is 1.97 bits per heavy atom. The van der Waals surface area contributed by atoms with Crippen LogP contribution in [-0.2, 0) is 48.0 Å². The maximum absolute atomic E-state index is 6.24. The van der Waals surface area contributed by atoms with Gasteiger partial charge < -0.3 is 18.9 Å². The van der Waals surface area contributed by atoms with Gasteiger partial charge in [0.15, 0.2) is 6.29 Å². The molecule has 0 amide bonds. The van der Waals surface area contributed by atoms with Gasteiger partial charge in [-0.1, -0.05) is 34.1 Å². The largest absolute Gasteiger partial charge is 0.466 e. The quantitative estimate of drug-likeness (QED) is 0.0587. The van der Waals surface area contributed by atoms with Crippen LogP contribution in [0, 0.1) is 5.92 Å². The number of methoxy groups -OCH3 is 1. The van der Waals surface area contributed by atoms with Gasteiger partial charge in [-0.25, -0.2) is 4.89 Å². The van der Waals surface area contributed by atoms with Gasteiger partial charge in [-0.05, 0) is 66.7 Å². The predicted molar refractivity (Wildman–Crippen MR) is 140 cm³/mol. The Morgan fingerprint density at radius 1 is 0.784 bits per heavy atom. The van der Waals surface area contributed by atoms with E-state index in [1.165, 1.54) is 7.11 Å². The Hall–Kier alpha value is -0.400. The molecule has 0 aromatic heterocycles. The normalized spacial score (nSPS) is 16.8. The first-order valence-electron chi connectivity index (χ1n) is 13.8. The van der Waals surface area contributed by atoms with Crippen LogP contribution in [-0.4, -0.2) is 63.7 Å². The van der Waals surface area contributed by atoms with E-state index in [2.05, 4.69) is 6.92 Å². The van der Waals surface area contributed by atoms with Crippen LogP contribution in [0.3, 0.4) is 0 Å². The van der Waals surface area contributed by atoms with Crippen LogP contribution in [0.15, 0.2) is 0 Å². The molecule has 0 spiro atoms. The highest BCUT2D eigenvalue weighted by Gasteiger charge is 2.41. The van der Waals surface area contributed by atoms with Crippen LogP contribution in [0.5, 0.6) is 0 Å². The van der Waals surface area contributed by atoms with Crippen molar-refractivity contribution in [2.45, 2.75) is 138 Å². The summed E-state index contributed by atoms with van der Waals surface area (Å²) in [4.78, 5) is 22.0. The van der Waals surface area contributed by atoms with E-state index in [1.54, 1.807) is 0 Å². The summed E-state index contributed by atoms with van der Waals surface area (Å²) in [7, 11) is 1.53. The minimum atomic E-state index is -1.97. The van der Waals surface area contributed by atoms with E-state index in [4.69, 9.17) is 48.0 Å². The highest BCUT2D eigenvalue weighted by atomic mass is 17.4. The molecule has 0 saturated heterocycles. The van der Waals surface area contributed by atoms with Gasteiger partial charge in [0, 0.05) is 26.6 Å². The second kappa shape index (κ2) is 19.6. The Labute approximate surface area is 225 Å². The lowest BCUT2D eigenvalue weighted by Crippen LogP contribution is -2.46. The maximum atomic E-state index is 6.24. The van der Waals surface area contributed by atoms with E-state index in [9.17, 15) is 0 Å². The lowest BCUT2D eigenvalue weighted by atomic mass is 10.1. The molecule has 0 aliphatic rings. The lowest BCUT2D eigenvalue weighted by Gasteiger charge is -2.39. The third-order valence-corrected chi connectivity index (χ3v) is 4.51. The van der Waals surface area contributed by atoms with Crippen molar-refractivity contribution in [2.24, 2.45) is 5.92 Å². The van der Waals surface area contributed by atoms with E-state index in [0.717, 1.165) is 12.8 Å². The summed E-state index contributed by atoms with van der Waals surface area (Å²) >= 11 is 0. The molecule has 0 aromatic carbocycles. The molecular formula is C27H56O10. The maximum Gasteiger partial charge on any atom is 0.466 e. The highest BCUT2D eigenvalue weighted by Crippen LogP contribution is 2.31. The van der Waals surface area contributed by atoms with Gasteiger partial charge in [0.1, 0.15) is 0 Å². The molecule has 0 rings (SSSR count). The monoisotopic (exact) mass is 540 g/mol. The second-order valence-electron chi connectivity index (χ2n) is 10.5. The Kier molecular flexibility index (Phi) is 19.4. The third kappa shape index (κ3) is 17.7. The zero-order valence-corrected chi connectivity index (χ0v) is 25.4. The van der Waals surface area contributed by atoms with Gasteiger partial charge in [-0.3, -0.25) is 9.47 Å². The molecule has 224 valence electrons. The fourth-order valence-electron chi connectivity index (χ4n) is 3.08. The summed E-state index contributed by atoms with van der Waals surface area (Å²) < 4.78 is 35.4. The van der Waals surface area contributed by atoms with Crippen molar-refractivity contribution in [3.63, 3.8) is 0 Å². The van der Waals surface area contributed by atoms with Crippen molar-refractivity contribution in [3.8, 4) is 0 Å². The van der Waals surface area contributed by atoms with Gasteiger partial charge in [-0.15, -0.1) is 9.78 Å². The van der Waals surface area contributed by atoms with Crippen LogP contribution in [0.25, 0.3) is 0 Å². The van der Waals surface area contributed by atoms with Crippen LogP contribution in [0.1, 0.15) is 108 Å². The molecule has 0 radical (unpaired) electrons. The van der Waals surface area contributed by atoms with Gasteiger partial charge in [0.25, 0.3) is 5.97 Å². The summed E-state index contributed by atoms with van der Waals surface area (Å²) in [5.41, 5.74) is -0.469. The minimum Gasteiger partial charge on any atom is -0.353 e. The standard InChI is InChI=1S/C27H56O10/c1-12-15-20-31-27(30-19-13-2,36-32-21-22(4)5)37-34-24(28-11)17-16-18-26(29-14-3,33-23(6)7)35-25(8,9)10/h22-24H,12-21H2,1-11H3. The molecule has 0 aromatic rings. The average Bonchev–Trinajstić information content (AvgIpc) is 2.78. The van der Waals surface area contributed by atoms with Gasteiger partial charge in [0.05, 0.1) is 31.5 Å². The topological polar surface area (TPSA) is 92.3 Å². The van der Waals surface area contributed by atoms with Crippen molar-refractivity contribution in [1.82, 2.24) is 0 Å². The first-order chi connectivity index (χ1) is 17.4. The number of hydrogen-bond acceptors (Lipinski definition) is 10. The number of hydrogen-bond donors (Lipinski definition) is 0. The molecule has 0 saturated carbocycles. The molecule has 10 nitrogen and oxygen atoms in total. The molecule has 37 heavy (non-hydrogen) atoms. The molecule has 0 aliphatic heterocycles. The summed E-state index contributed by atoms with van der Waals surface area (Å²) in [6, 6.07) is 0.